The maximum atomic E-state index is 13.1. The zero-order valence-corrected chi connectivity index (χ0v) is 19.9. The van der Waals surface area contributed by atoms with Gasteiger partial charge in [-0.3, -0.25) is 4.57 Å². The fourth-order valence-corrected chi connectivity index (χ4v) is 3.90. The lowest BCUT2D eigenvalue weighted by Crippen LogP contribution is -2.05. The number of phenolic OH excluding ortho intramolecular Hbond substituents is 1. The van der Waals surface area contributed by atoms with E-state index < -0.39 is 11.7 Å². The number of methoxy groups -OCH3 is 4. The average Bonchev–Trinajstić information content (AvgIpc) is 3.32. The highest BCUT2D eigenvalue weighted by Gasteiger charge is 2.30. The van der Waals surface area contributed by atoms with Gasteiger partial charge in [0.15, 0.2) is 23.0 Å². The van der Waals surface area contributed by atoms with Crippen molar-refractivity contribution in [3.63, 3.8) is 0 Å². The monoisotopic (exact) mass is 500 g/mol. The molecule has 4 aromatic rings. The van der Waals surface area contributed by atoms with Crippen molar-refractivity contribution < 1.29 is 37.2 Å². The molecule has 4 rings (SSSR count). The largest absolute Gasteiger partial charge is 0.504 e. The van der Waals surface area contributed by atoms with Crippen LogP contribution in [0.2, 0.25) is 0 Å². The summed E-state index contributed by atoms with van der Waals surface area (Å²) >= 11 is 0. The second-order valence-corrected chi connectivity index (χ2v) is 7.66. The predicted octanol–water partition coefficient (Wildman–Crippen LogP) is 5.97. The van der Waals surface area contributed by atoms with Gasteiger partial charge in [-0.1, -0.05) is 0 Å². The molecular formula is C26H23F3N2O5. The van der Waals surface area contributed by atoms with Crippen LogP contribution in [0, 0.1) is 0 Å². The van der Waals surface area contributed by atoms with Gasteiger partial charge in [0.1, 0.15) is 6.33 Å². The summed E-state index contributed by atoms with van der Waals surface area (Å²) < 4.78 is 62.5. The number of hydrogen-bond donors (Lipinski definition) is 1. The Bertz CT molecular complexity index is 1360. The van der Waals surface area contributed by atoms with Gasteiger partial charge in [-0.05, 0) is 54.6 Å². The molecular weight excluding hydrogens is 477 g/mol. The van der Waals surface area contributed by atoms with Crippen molar-refractivity contribution in [1.82, 2.24) is 9.55 Å². The highest BCUT2D eigenvalue weighted by molar-refractivity contribution is 5.83. The Kier molecular flexibility index (Phi) is 6.69. The SMILES string of the molecule is COc1ccc(-c2c(-c3cc(OC)c(OC)c(OC)c3)ncn2-c2ccc(C(F)(F)F)cc2)cc1O. The molecule has 7 nitrogen and oxygen atoms in total. The molecule has 0 saturated heterocycles. The molecule has 0 aliphatic heterocycles. The Hall–Kier alpha value is -4.34. The van der Waals surface area contributed by atoms with Gasteiger partial charge in [0.25, 0.3) is 0 Å². The number of alkyl halides is 3. The molecule has 0 saturated carbocycles. The van der Waals surface area contributed by atoms with Crippen LogP contribution < -0.4 is 18.9 Å². The van der Waals surface area contributed by atoms with Crippen LogP contribution in [-0.2, 0) is 6.18 Å². The lowest BCUT2D eigenvalue weighted by Gasteiger charge is -2.16. The minimum atomic E-state index is -4.46. The molecule has 0 spiro atoms. The fraction of sp³-hybridized carbons (Fsp3) is 0.192. The highest BCUT2D eigenvalue weighted by atomic mass is 19.4. The van der Waals surface area contributed by atoms with E-state index in [1.807, 2.05) is 0 Å². The zero-order valence-electron chi connectivity index (χ0n) is 19.9. The van der Waals surface area contributed by atoms with Crippen LogP contribution >= 0.6 is 0 Å². The normalized spacial score (nSPS) is 11.3. The van der Waals surface area contributed by atoms with Crippen molar-refractivity contribution in [2.75, 3.05) is 28.4 Å². The number of halogens is 3. The number of rotatable bonds is 7. The molecule has 1 aromatic heterocycles. The van der Waals surface area contributed by atoms with E-state index in [9.17, 15) is 18.3 Å². The minimum absolute atomic E-state index is 0.106. The molecule has 0 atom stereocenters. The molecule has 0 radical (unpaired) electrons. The number of ether oxygens (including phenoxy) is 4. The summed E-state index contributed by atoms with van der Waals surface area (Å²) in [6, 6.07) is 13.0. The fourth-order valence-electron chi connectivity index (χ4n) is 3.90. The summed E-state index contributed by atoms with van der Waals surface area (Å²) in [5.41, 5.74) is 1.81. The Balaban J connectivity index is 1.96. The molecule has 0 amide bonds. The first-order chi connectivity index (χ1) is 17.2. The van der Waals surface area contributed by atoms with E-state index >= 15 is 0 Å². The molecule has 10 heteroatoms. The lowest BCUT2D eigenvalue weighted by atomic mass is 10.0. The summed E-state index contributed by atoms with van der Waals surface area (Å²) in [5.74, 6) is 1.37. The molecule has 0 fully saturated rings. The van der Waals surface area contributed by atoms with Crippen LogP contribution in [0.25, 0.3) is 28.2 Å². The molecule has 3 aromatic carbocycles. The summed E-state index contributed by atoms with van der Waals surface area (Å²) in [7, 11) is 5.90. The molecule has 36 heavy (non-hydrogen) atoms. The maximum absolute atomic E-state index is 13.1. The Labute approximate surface area is 205 Å². The molecule has 1 heterocycles. The first kappa shape index (κ1) is 24.8. The van der Waals surface area contributed by atoms with Crippen LogP contribution in [-0.4, -0.2) is 43.1 Å². The number of benzene rings is 3. The third-order valence-corrected chi connectivity index (χ3v) is 5.63. The van der Waals surface area contributed by atoms with E-state index in [2.05, 4.69) is 4.98 Å². The van der Waals surface area contributed by atoms with Gasteiger partial charge in [-0.15, -0.1) is 0 Å². The first-order valence-electron chi connectivity index (χ1n) is 10.6. The standard InChI is InChI=1S/C26H23F3N2O5/c1-33-20-10-5-15(11-19(20)32)24-23(16-12-21(34-2)25(36-4)22(13-16)35-3)30-14-31(24)18-8-6-17(7-9-18)26(27,28)29/h5-14,32H,1-4H3. The number of aromatic nitrogens is 2. The van der Waals surface area contributed by atoms with Crippen LogP contribution in [0.4, 0.5) is 13.2 Å². The average molecular weight is 500 g/mol. The minimum Gasteiger partial charge on any atom is -0.504 e. The van der Waals surface area contributed by atoms with Gasteiger partial charge < -0.3 is 24.1 Å². The highest BCUT2D eigenvalue weighted by Crippen LogP contribution is 2.44. The van der Waals surface area contributed by atoms with E-state index in [-0.39, 0.29) is 11.5 Å². The van der Waals surface area contributed by atoms with Crippen LogP contribution in [0.15, 0.2) is 60.9 Å². The predicted molar refractivity (Wildman–Crippen MR) is 127 cm³/mol. The van der Waals surface area contributed by atoms with Gasteiger partial charge in [0.05, 0.1) is 45.4 Å². The van der Waals surface area contributed by atoms with Crippen LogP contribution in [0.3, 0.4) is 0 Å². The first-order valence-corrected chi connectivity index (χ1v) is 10.6. The molecule has 0 bridgehead atoms. The van der Waals surface area contributed by atoms with Crippen LogP contribution in [0.1, 0.15) is 5.56 Å². The maximum Gasteiger partial charge on any atom is 0.416 e. The summed E-state index contributed by atoms with van der Waals surface area (Å²) in [6.45, 7) is 0. The second-order valence-electron chi connectivity index (χ2n) is 7.66. The van der Waals surface area contributed by atoms with Crippen molar-refractivity contribution in [3.05, 3.63) is 66.5 Å². The summed E-state index contributed by atoms with van der Waals surface area (Å²) in [6.07, 6.45) is -2.96. The quantitative estimate of drug-likeness (QED) is 0.337. The Morgan fingerprint density at radius 2 is 1.36 bits per heavy atom. The number of phenols is 1. The Morgan fingerprint density at radius 1 is 0.750 bits per heavy atom. The van der Waals surface area contributed by atoms with Gasteiger partial charge in [0, 0.05) is 16.8 Å². The third-order valence-electron chi connectivity index (χ3n) is 5.63. The summed E-state index contributed by atoms with van der Waals surface area (Å²) in [4.78, 5) is 4.56. The molecule has 0 aliphatic rings. The van der Waals surface area contributed by atoms with Crippen LogP contribution in [0.5, 0.6) is 28.7 Å². The van der Waals surface area contributed by atoms with E-state index in [0.29, 0.717) is 45.5 Å². The number of aromatic hydroxyl groups is 1. The van der Waals surface area contributed by atoms with E-state index in [1.54, 1.807) is 28.8 Å². The van der Waals surface area contributed by atoms with Crippen molar-refractivity contribution in [3.8, 4) is 56.9 Å². The van der Waals surface area contributed by atoms with E-state index in [1.165, 1.54) is 53.0 Å². The lowest BCUT2D eigenvalue weighted by molar-refractivity contribution is -0.137. The van der Waals surface area contributed by atoms with Gasteiger partial charge in [0.2, 0.25) is 5.75 Å². The third kappa shape index (κ3) is 4.49. The van der Waals surface area contributed by atoms with E-state index in [0.717, 1.165) is 12.1 Å². The number of nitrogens with zero attached hydrogens (tertiary/aromatic N) is 2. The zero-order chi connectivity index (χ0) is 26.0. The Morgan fingerprint density at radius 3 is 1.86 bits per heavy atom. The van der Waals surface area contributed by atoms with Gasteiger partial charge in [-0.25, -0.2) is 4.98 Å². The van der Waals surface area contributed by atoms with Gasteiger partial charge in [-0.2, -0.15) is 13.2 Å². The second kappa shape index (κ2) is 9.73. The molecule has 188 valence electrons. The van der Waals surface area contributed by atoms with E-state index in [4.69, 9.17) is 18.9 Å². The number of imidazole rings is 1. The molecule has 1 N–H and O–H groups in total. The molecule has 0 unspecified atom stereocenters. The van der Waals surface area contributed by atoms with Crippen molar-refractivity contribution >= 4 is 0 Å². The van der Waals surface area contributed by atoms with Crippen molar-refractivity contribution in [2.45, 2.75) is 6.18 Å². The summed E-state index contributed by atoms with van der Waals surface area (Å²) in [5, 5.41) is 10.4. The van der Waals surface area contributed by atoms with Gasteiger partial charge >= 0.3 is 6.18 Å². The molecule has 0 aliphatic carbocycles. The van der Waals surface area contributed by atoms with Crippen molar-refractivity contribution in [1.29, 1.82) is 0 Å². The number of hydrogen-bond acceptors (Lipinski definition) is 6. The topological polar surface area (TPSA) is 75.0 Å². The smallest absolute Gasteiger partial charge is 0.416 e. The van der Waals surface area contributed by atoms with Crippen molar-refractivity contribution in [2.24, 2.45) is 0 Å².